The first-order valence-corrected chi connectivity index (χ1v) is 8.00. The fourth-order valence-electron chi connectivity index (χ4n) is 2.61. The maximum atomic E-state index is 11.9. The van der Waals surface area contributed by atoms with Crippen molar-refractivity contribution in [1.82, 2.24) is 9.55 Å². The number of aliphatic carboxylic acids is 1. The van der Waals surface area contributed by atoms with Crippen LogP contribution in [0.2, 0.25) is 0 Å². The van der Waals surface area contributed by atoms with Crippen LogP contribution in [0.4, 0.5) is 5.95 Å². The molecule has 6 heteroatoms. The van der Waals surface area contributed by atoms with Gasteiger partial charge in [-0.05, 0) is 25.0 Å². The number of aromatic nitrogens is 2. The minimum absolute atomic E-state index is 0.0491. The maximum absolute atomic E-state index is 11.9. The Labute approximate surface area is 135 Å². The minimum Gasteiger partial charge on any atom is -0.481 e. The Kier molecular flexibility index (Phi) is 5.73. The number of hydrogen-bond acceptors (Lipinski definition) is 3. The van der Waals surface area contributed by atoms with E-state index in [1.807, 2.05) is 29.7 Å². The quantitative estimate of drug-likeness (QED) is 0.731. The van der Waals surface area contributed by atoms with Gasteiger partial charge in [-0.3, -0.25) is 14.9 Å². The molecule has 0 aliphatic rings. The molecule has 0 bridgehead atoms. The molecule has 2 rings (SSSR count). The van der Waals surface area contributed by atoms with E-state index in [1.165, 1.54) is 0 Å². The average molecular weight is 317 g/mol. The molecular formula is C17H23N3O3. The highest BCUT2D eigenvalue weighted by molar-refractivity contribution is 5.93. The number of benzene rings is 1. The van der Waals surface area contributed by atoms with Crippen LogP contribution in [0.3, 0.4) is 0 Å². The summed E-state index contributed by atoms with van der Waals surface area (Å²) >= 11 is 0. The van der Waals surface area contributed by atoms with E-state index in [0.717, 1.165) is 42.4 Å². The Hall–Kier alpha value is -2.37. The SMILES string of the molecule is CCCCCn1c(NC(=O)CCC(=O)O)nc2cccc(C)c21. The molecule has 0 radical (unpaired) electrons. The highest BCUT2D eigenvalue weighted by Crippen LogP contribution is 2.24. The molecular weight excluding hydrogens is 294 g/mol. The molecule has 1 amide bonds. The van der Waals surface area contributed by atoms with Gasteiger partial charge in [0, 0.05) is 13.0 Å². The molecule has 2 N–H and O–H groups in total. The normalized spacial score (nSPS) is 10.9. The second kappa shape index (κ2) is 7.76. The van der Waals surface area contributed by atoms with E-state index >= 15 is 0 Å². The third-order valence-corrected chi connectivity index (χ3v) is 3.77. The Bertz CT molecular complexity index is 706. The number of carbonyl (C=O) groups excluding carboxylic acids is 1. The Morgan fingerprint density at radius 1 is 1.26 bits per heavy atom. The highest BCUT2D eigenvalue weighted by atomic mass is 16.4. The van der Waals surface area contributed by atoms with E-state index in [4.69, 9.17) is 5.11 Å². The molecule has 0 saturated heterocycles. The molecule has 0 atom stereocenters. The molecule has 2 aromatic rings. The lowest BCUT2D eigenvalue weighted by atomic mass is 10.2. The summed E-state index contributed by atoms with van der Waals surface area (Å²) in [6, 6.07) is 5.89. The number of unbranched alkanes of at least 4 members (excludes halogenated alkanes) is 2. The largest absolute Gasteiger partial charge is 0.481 e. The zero-order valence-corrected chi connectivity index (χ0v) is 13.6. The summed E-state index contributed by atoms with van der Waals surface area (Å²) in [5.41, 5.74) is 2.98. The number of aryl methyl sites for hydroxylation is 2. The van der Waals surface area contributed by atoms with Crippen molar-refractivity contribution in [1.29, 1.82) is 0 Å². The van der Waals surface area contributed by atoms with Crippen molar-refractivity contribution in [3.63, 3.8) is 0 Å². The predicted molar refractivity (Wildman–Crippen MR) is 89.5 cm³/mol. The maximum Gasteiger partial charge on any atom is 0.303 e. The van der Waals surface area contributed by atoms with Gasteiger partial charge in [-0.15, -0.1) is 0 Å². The number of imidazole rings is 1. The van der Waals surface area contributed by atoms with Crippen molar-refractivity contribution < 1.29 is 14.7 Å². The topological polar surface area (TPSA) is 84.2 Å². The number of fused-ring (bicyclic) bond motifs is 1. The van der Waals surface area contributed by atoms with Gasteiger partial charge in [0.2, 0.25) is 11.9 Å². The van der Waals surface area contributed by atoms with Gasteiger partial charge in [0.1, 0.15) is 0 Å². The van der Waals surface area contributed by atoms with E-state index < -0.39 is 5.97 Å². The van der Waals surface area contributed by atoms with E-state index in [2.05, 4.69) is 17.2 Å². The lowest BCUT2D eigenvalue weighted by Crippen LogP contribution is -2.17. The first kappa shape index (κ1) is 17.0. The van der Waals surface area contributed by atoms with E-state index in [9.17, 15) is 9.59 Å². The summed E-state index contributed by atoms with van der Waals surface area (Å²) in [5.74, 6) is -0.801. The Morgan fingerprint density at radius 3 is 2.74 bits per heavy atom. The second-order valence-electron chi connectivity index (χ2n) is 5.68. The van der Waals surface area contributed by atoms with Crippen LogP contribution in [-0.2, 0) is 16.1 Å². The molecule has 0 aliphatic carbocycles. The van der Waals surface area contributed by atoms with Crippen LogP contribution < -0.4 is 5.32 Å². The number of hydrogen-bond donors (Lipinski definition) is 2. The van der Waals surface area contributed by atoms with Crippen LogP contribution in [-0.4, -0.2) is 26.5 Å². The summed E-state index contributed by atoms with van der Waals surface area (Å²) in [5, 5.41) is 11.4. The fraction of sp³-hybridized carbons (Fsp3) is 0.471. The van der Waals surface area contributed by atoms with Gasteiger partial charge in [-0.1, -0.05) is 31.9 Å². The molecule has 1 aromatic carbocycles. The number of carboxylic acids is 1. The number of nitrogens with zero attached hydrogens (tertiary/aromatic N) is 2. The van der Waals surface area contributed by atoms with Crippen molar-refractivity contribution in [2.24, 2.45) is 0 Å². The fourth-order valence-corrected chi connectivity index (χ4v) is 2.61. The van der Waals surface area contributed by atoms with Crippen molar-refractivity contribution in [3.8, 4) is 0 Å². The number of anilines is 1. The first-order chi connectivity index (χ1) is 11.0. The first-order valence-electron chi connectivity index (χ1n) is 8.00. The van der Waals surface area contributed by atoms with E-state index in [-0.39, 0.29) is 18.7 Å². The zero-order valence-electron chi connectivity index (χ0n) is 13.6. The number of carbonyl (C=O) groups is 2. The lowest BCUT2D eigenvalue weighted by Gasteiger charge is -2.10. The van der Waals surface area contributed by atoms with Crippen molar-refractivity contribution in [2.75, 3.05) is 5.32 Å². The minimum atomic E-state index is -0.979. The van der Waals surface area contributed by atoms with Crippen LogP contribution in [0.5, 0.6) is 0 Å². The molecule has 0 aliphatic heterocycles. The van der Waals surface area contributed by atoms with Crippen LogP contribution >= 0.6 is 0 Å². The number of rotatable bonds is 8. The highest BCUT2D eigenvalue weighted by Gasteiger charge is 2.15. The molecule has 0 unspecified atom stereocenters. The van der Waals surface area contributed by atoms with Gasteiger partial charge in [0.15, 0.2) is 0 Å². The lowest BCUT2D eigenvalue weighted by molar-refractivity contribution is -0.138. The van der Waals surface area contributed by atoms with Crippen LogP contribution in [0.25, 0.3) is 11.0 Å². The zero-order chi connectivity index (χ0) is 16.8. The standard InChI is InChI=1S/C17H23N3O3/c1-3-4-5-11-20-16-12(2)7-6-8-13(16)18-17(20)19-14(21)9-10-15(22)23/h6-8H,3-5,9-11H2,1-2H3,(H,22,23)(H,18,19,21). The summed E-state index contributed by atoms with van der Waals surface area (Å²) < 4.78 is 2.03. The molecule has 0 spiro atoms. The molecule has 23 heavy (non-hydrogen) atoms. The summed E-state index contributed by atoms with van der Waals surface area (Å²) in [7, 11) is 0. The predicted octanol–water partition coefficient (Wildman–Crippen LogP) is 3.34. The van der Waals surface area contributed by atoms with Gasteiger partial charge in [0.25, 0.3) is 0 Å². The summed E-state index contributed by atoms with van der Waals surface area (Å²) in [6.07, 6.45) is 3.01. The van der Waals surface area contributed by atoms with Gasteiger partial charge in [-0.2, -0.15) is 0 Å². The molecule has 0 fully saturated rings. The number of carboxylic acid groups (broad SMARTS) is 1. The molecule has 1 aromatic heterocycles. The molecule has 124 valence electrons. The third kappa shape index (κ3) is 4.31. The van der Waals surface area contributed by atoms with Gasteiger partial charge >= 0.3 is 5.97 Å². The number of nitrogens with one attached hydrogen (secondary N) is 1. The van der Waals surface area contributed by atoms with E-state index in [1.54, 1.807) is 0 Å². The third-order valence-electron chi connectivity index (χ3n) is 3.77. The molecule has 0 saturated carbocycles. The molecule has 6 nitrogen and oxygen atoms in total. The van der Waals surface area contributed by atoms with Crippen molar-refractivity contribution >= 4 is 28.9 Å². The number of amides is 1. The Morgan fingerprint density at radius 2 is 2.04 bits per heavy atom. The van der Waals surface area contributed by atoms with Gasteiger partial charge < -0.3 is 9.67 Å². The van der Waals surface area contributed by atoms with Crippen LogP contribution in [0, 0.1) is 6.92 Å². The van der Waals surface area contributed by atoms with Crippen LogP contribution in [0.1, 0.15) is 44.6 Å². The smallest absolute Gasteiger partial charge is 0.303 e. The van der Waals surface area contributed by atoms with Gasteiger partial charge in [0.05, 0.1) is 17.5 Å². The van der Waals surface area contributed by atoms with Crippen molar-refractivity contribution in [3.05, 3.63) is 23.8 Å². The molecule has 1 heterocycles. The average Bonchev–Trinajstić information content (AvgIpc) is 2.84. The van der Waals surface area contributed by atoms with Crippen LogP contribution in [0.15, 0.2) is 18.2 Å². The van der Waals surface area contributed by atoms with Crippen molar-refractivity contribution in [2.45, 2.75) is 52.5 Å². The van der Waals surface area contributed by atoms with Gasteiger partial charge in [-0.25, -0.2) is 4.98 Å². The van der Waals surface area contributed by atoms with E-state index in [0.29, 0.717) is 5.95 Å². The summed E-state index contributed by atoms with van der Waals surface area (Å²) in [4.78, 5) is 27.0. The second-order valence-corrected chi connectivity index (χ2v) is 5.68. The monoisotopic (exact) mass is 317 g/mol. The summed E-state index contributed by atoms with van der Waals surface area (Å²) in [6.45, 7) is 4.95. The Balaban J connectivity index is 2.26. The number of para-hydroxylation sites is 1.